The third kappa shape index (κ3) is 4.22. The van der Waals surface area contributed by atoms with Crippen LogP contribution in [0.4, 0.5) is 0 Å². The molecule has 1 aliphatic heterocycles. The number of nitrogens with zero attached hydrogens (tertiary/aromatic N) is 1. The molecule has 1 saturated heterocycles. The van der Waals surface area contributed by atoms with Crippen LogP contribution in [0.1, 0.15) is 72.1 Å². The Balaban J connectivity index is 1.53. The topological polar surface area (TPSA) is 15.3 Å². The molecule has 2 heteroatoms. The number of hydrogen-bond donors (Lipinski definition) is 1. The van der Waals surface area contributed by atoms with E-state index < -0.39 is 0 Å². The molecule has 0 amide bonds. The summed E-state index contributed by atoms with van der Waals surface area (Å²) in [7, 11) is 0. The first-order valence-electron chi connectivity index (χ1n) is 9.50. The fraction of sp³-hybridized carbons (Fsp3) is 1.00. The zero-order valence-corrected chi connectivity index (χ0v) is 14.5. The summed E-state index contributed by atoms with van der Waals surface area (Å²) in [6.07, 6.45) is 11.6. The molecule has 21 heavy (non-hydrogen) atoms. The first kappa shape index (κ1) is 15.8. The van der Waals surface area contributed by atoms with E-state index in [9.17, 15) is 0 Å². The second-order valence-corrected chi connectivity index (χ2v) is 8.99. The second kappa shape index (κ2) is 6.58. The quantitative estimate of drug-likeness (QED) is 0.841. The maximum atomic E-state index is 3.52. The summed E-state index contributed by atoms with van der Waals surface area (Å²) in [4.78, 5) is 2.95. The second-order valence-electron chi connectivity index (χ2n) is 8.99. The third-order valence-corrected chi connectivity index (χ3v) is 6.33. The molecule has 2 nitrogen and oxygen atoms in total. The number of rotatable bonds is 4. The van der Waals surface area contributed by atoms with E-state index in [1.165, 1.54) is 71.0 Å². The van der Waals surface area contributed by atoms with E-state index in [-0.39, 0.29) is 0 Å². The van der Waals surface area contributed by atoms with Gasteiger partial charge in [-0.25, -0.2) is 0 Å². The summed E-state index contributed by atoms with van der Waals surface area (Å²) in [6.45, 7) is 11.2. The van der Waals surface area contributed by atoms with E-state index in [0.29, 0.717) is 5.41 Å². The highest BCUT2D eigenvalue weighted by Crippen LogP contribution is 2.41. The molecule has 2 saturated carbocycles. The van der Waals surface area contributed by atoms with Crippen LogP contribution in [0.3, 0.4) is 0 Å². The van der Waals surface area contributed by atoms with Crippen LogP contribution in [0.15, 0.2) is 0 Å². The van der Waals surface area contributed by atoms with E-state index in [2.05, 4.69) is 31.0 Å². The van der Waals surface area contributed by atoms with Gasteiger partial charge in [-0.3, -0.25) is 4.90 Å². The van der Waals surface area contributed by atoms with Gasteiger partial charge in [0.25, 0.3) is 0 Å². The van der Waals surface area contributed by atoms with Crippen LogP contribution < -0.4 is 5.32 Å². The molecule has 3 rings (SSSR count). The van der Waals surface area contributed by atoms with Crippen molar-refractivity contribution in [1.82, 2.24) is 10.2 Å². The minimum Gasteiger partial charge on any atom is -0.317 e. The molecule has 0 bridgehead atoms. The maximum Gasteiger partial charge on any atom is 0.00994 e. The predicted octanol–water partition coefficient (Wildman–Crippen LogP) is 4.06. The molecular weight excluding hydrogens is 256 g/mol. The van der Waals surface area contributed by atoms with Crippen molar-refractivity contribution in [2.24, 2.45) is 17.3 Å². The largest absolute Gasteiger partial charge is 0.317 e. The Morgan fingerprint density at radius 2 is 1.33 bits per heavy atom. The molecule has 1 heterocycles. The van der Waals surface area contributed by atoms with E-state index in [4.69, 9.17) is 0 Å². The summed E-state index contributed by atoms with van der Waals surface area (Å²) in [6, 6.07) is 1.86. The smallest absolute Gasteiger partial charge is 0.00994 e. The lowest BCUT2D eigenvalue weighted by molar-refractivity contribution is 0.0745. The molecule has 1 N–H and O–H groups in total. The standard InChI is InChI=1S/C19H36N2/c1-19(2,3)16-4-6-17(7-5-16)21(18-8-9-18)14-15-10-12-20-13-11-15/h15-18,20H,4-14H2,1-3H3. The van der Waals surface area contributed by atoms with Gasteiger partial charge < -0.3 is 5.32 Å². The number of piperidine rings is 1. The Kier molecular flexibility index (Phi) is 4.95. The van der Waals surface area contributed by atoms with Crippen molar-refractivity contribution in [2.45, 2.75) is 84.2 Å². The van der Waals surface area contributed by atoms with Crippen molar-refractivity contribution in [1.29, 1.82) is 0 Å². The van der Waals surface area contributed by atoms with Crippen LogP contribution in [0.2, 0.25) is 0 Å². The fourth-order valence-electron chi connectivity index (χ4n) is 4.64. The highest BCUT2D eigenvalue weighted by atomic mass is 15.2. The Bertz CT molecular complexity index is 315. The van der Waals surface area contributed by atoms with Gasteiger partial charge in [0.2, 0.25) is 0 Å². The Morgan fingerprint density at radius 3 is 1.81 bits per heavy atom. The molecule has 0 spiro atoms. The van der Waals surface area contributed by atoms with Gasteiger partial charge in [0.1, 0.15) is 0 Å². The summed E-state index contributed by atoms with van der Waals surface area (Å²) in [5.74, 6) is 1.92. The van der Waals surface area contributed by atoms with Crippen LogP contribution in [-0.4, -0.2) is 36.6 Å². The number of hydrogen-bond acceptors (Lipinski definition) is 2. The molecule has 0 unspecified atom stereocenters. The molecule has 0 aromatic heterocycles. The lowest BCUT2D eigenvalue weighted by Gasteiger charge is -2.42. The van der Waals surface area contributed by atoms with Crippen molar-refractivity contribution in [2.75, 3.05) is 19.6 Å². The first-order chi connectivity index (χ1) is 10.0. The Hall–Kier alpha value is -0.0800. The molecule has 122 valence electrons. The van der Waals surface area contributed by atoms with Crippen molar-refractivity contribution in [3.63, 3.8) is 0 Å². The molecule has 0 atom stereocenters. The molecule has 3 fully saturated rings. The van der Waals surface area contributed by atoms with Crippen molar-refractivity contribution >= 4 is 0 Å². The molecule has 3 aliphatic rings. The lowest BCUT2D eigenvalue weighted by atomic mass is 9.71. The van der Waals surface area contributed by atoms with Gasteiger partial charge in [-0.15, -0.1) is 0 Å². The van der Waals surface area contributed by atoms with E-state index in [0.717, 1.165) is 23.9 Å². The summed E-state index contributed by atoms with van der Waals surface area (Å²) in [5, 5.41) is 3.52. The van der Waals surface area contributed by atoms with Crippen molar-refractivity contribution in [3.8, 4) is 0 Å². The highest BCUT2D eigenvalue weighted by molar-refractivity contribution is 4.93. The van der Waals surface area contributed by atoms with Gasteiger partial charge in [-0.2, -0.15) is 0 Å². The van der Waals surface area contributed by atoms with Gasteiger partial charge in [0.15, 0.2) is 0 Å². The van der Waals surface area contributed by atoms with E-state index >= 15 is 0 Å². The first-order valence-corrected chi connectivity index (χ1v) is 9.50. The Morgan fingerprint density at radius 1 is 0.810 bits per heavy atom. The van der Waals surface area contributed by atoms with Crippen molar-refractivity contribution in [3.05, 3.63) is 0 Å². The summed E-state index contributed by atoms with van der Waals surface area (Å²) < 4.78 is 0. The molecule has 0 aromatic carbocycles. The average molecular weight is 293 g/mol. The van der Waals surface area contributed by atoms with Crippen LogP contribution in [0.5, 0.6) is 0 Å². The minimum absolute atomic E-state index is 0.518. The zero-order valence-electron chi connectivity index (χ0n) is 14.5. The fourth-order valence-corrected chi connectivity index (χ4v) is 4.64. The lowest BCUT2D eigenvalue weighted by Crippen LogP contribution is -2.45. The monoisotopic (exact) mass is 292 g/mol. The molecule has 0 radical (unpaired) electrons. The van der Waals surface area contributed by atoms with E-state index in [1.54, 1.807) is 0 Å². The SMILES string of the molecule is CC(C)(C)C1CCC(N(CC2CCNCC2)C2CC2)CC1. The van der Waals surface area contributed by atoms with Gasteiger partial charge in [0.05, 0.1) is 0 Å². The van der Waals surface area contributed by atoms with Gasteiger partial charge in [0, 0.05) is 18.6 Å². The van der Waals surface area contributed by atoms with Crippen LogP contribution in [0.25, 0.3) is 0 Å². The Labute approximate surface area is 132 Å². The summed E-state index contributed by atoms with van der Waals surface area (Å²) in [5.41, 5.74) is 0.518. The zero-order chi connectivity index (χ0) is 14.9. The number of nitrogens with one attached hydrogen (secondary N) is 1. The van der Waals surface area contributed by atoms with Gasteiger partial charge in [-0.1, -0.05) is 20.8 Å². The molecule has 2 aliphatic carbocycles. The van der Waals surface area contributed by atoms with E-state index in [1.807, 2.05) is 0 Å². The molecule has 0 aromatic rings. The third-order valence-electron chi connectivity index (χ3n) is 6.33. The van der Waals surface area contributed by atoms with Gasteiger partial charge in [-0.05, 0) is 81.7 Å². The average Bonchev–Trinajstić information content (AvgIpc) is 3.30. The highest BCUT2D eigenvalue weighted by Gasteiger charge is 2.38. The summed E-state index contributed by atoms with van der Waals surface area (Å²) >= 11 is 0. The van der Waals surface area contributed by atoms with Crippen LogP contribution in [0, 0.1) is 17.3 Å². The van der Waals surface area contributed by atoms with Crippen LogP contribution >= 0.6 is 0 Å². The minimum atomic E-state index is 0.518. The van der Waals surface area contributed by atoms with Crippen molar-refractivity contribution < 1.29 is 0 Å². The molecular formula is C19H36N2. The van der Waals surface area contributed by atoms with Crippen LogP contribution in [-0.2, 0) is 0 Å². The predicted molar refractivity (Wildman–Crippen MR) is 90.5 cm³/mol. The normalized spacial score (nSPS) is 32.6. The maximum absolute atomic E-state index is 3.52. The van der Waals surface area contributed by atoms with Gasteiger partial charge >= 0.3 is 0 Å².